The van der Waals surface area contributed by atoms with E-state index in [1.54, 1.807) is 35.4 Å². The highest BCUT2D eigenvalue weighted by Crippen LogP contribution is 2.14. The number of allylic oxidation sites excluding steroid dienone is 1. The molecular weight excluding hydrogens is 274 g/mol. The molecule has 1 aromatic carbocycles. The number of ether oxygens (including phenoxy) is 3. The first-order valence-electron chi connectivity index (χ1n) is 6.47. The highest BCUT2D eigenvalue weighted by Gasteiger charge is 2.07. The van der Waals surface area contributed by atoms with Gasteiger partial charge >= 0.3 is 6.48 Å². The van der Waals surface area contributed by atoms with Gasteiger partial charge in [0.2, 0.25) is 0 Å². The lowest BCUT2D eigenvalue weighted by molar-refractivity contribution is -0.220. The predicted octanol–water partition coefficient (Wildman–Crippen LogP) is 1.26. The van der Waals surface area contributed by atoms with Crippen LogP contribution in [-0.4, -0.2) is 56.7 Å². The first kappa shape index (κ1) is 17.2. The summed E-state index contributed by atoms with van der Waals surface area (Å²) in [4.78, 5) is 13.6. The van der Waals surface area contributed by atoms with E-state index in [9.17, 15) is 9.90 Å². The molecule has 0 aromatic heterocycles. The van der Waals surface area contributed by atoms with Gasteiger partial charge in [0.05, 0.1) is 13.2 Å². The van der Waals surface area contributed by atoms with Crippen LogP contribution in [0.4, 0.5) is 0 Å². The van der Waals surface area contributed by atoms with Crippen LogP contribution < -0.4 is 4.74 Å². The molecule has 1 unspecified atom stereocenters. The zero-order chi connectivity index (χ0) is 15.7. The second-order valence-electron chi connectivity index (χ2n) is 4.46. The van der Waals surface area contributed by atoms with Crippen molar-refractivity contribution in [1.82, 2.24) is 4.90 Å². The van der Waals surface area contributed by atoms with Crippen molar-refractivity contribution in [2.24, 2.45) is 0 Å². The highest BCUT2D eigenvalue weighted by atomic mass is 16.8. The zero-order valence-electron chi connectivity index (χ0n) is 12.5. The Morgan fingerprint density at radius 1 is 1.29 bits per heavy atom. The number of hydrogen-bond acceptors (Lipinski definition) is 6. The third kappa shape index (κ3) is 6.89. The summed E-state index contributed by atoms with van der Waals surface area (Å²) in [6, 6.07) is 6.44. The lowest BCUT2D eigenvalue weighted by Gasteiger charge is -2.13. The molecule has 0 spiro atoms. The van der Waals surface area contributed by atoms with E-state index < -0.39 is 6.48 Å². The van der Waals surface area contributed by atoms with Crippen molar-refractivity contribution in [1.29, 1.82) is 0 Å². The molecule has 0 amide bonds. The summed E-state index contributed by atoms with van der Waals surface area (Å²) in [5.74, 6) is 0.306. The molecule has 1 atom stereocenters. The Morgan fingerprint density at radius 3 is 2.52 bits per heavy atom. The van der Waals surface area contributed by atoms with Crippen molar-refractivity contribution in [3.63, 3.8) is 0 Å². The number of methoxy groups -OCH3 is 1. The Labute approximate surface area is 124 Å². The molecule has 0 bridgehead atoms. The quantitative estimate of drug-likeness (QED) is 0.320. The summed E-state index contributed by atoms with van der Waals surface area (Å²) in [5, 5.41) is 9.47. The maximum atomic E-state index is 11.8. The van der Waals surface area contributed by atoms with Crippen LogP contribution >= 0.6 is 0 Å². The number of aliphatic hydroxyl groups excluding tert-OH is 1. The molecule has 1 N–H and O–H groups in total. The van der Waals surface area contributed by atoms with E-state index in [-0.39, 0.29) is 12.4 Å². The lowest BCUT2D eigenvalue weighted by atomic mass is 10.1. The van der Waals surface area contributed by atoms with Crippen LogP contribution in [0.2, 0.25) is 0 Å². The number of carbonyl (C=O) groups is 1. The second-order valence-corrected chi connectivity index (χ2v) is 4.46. The summed E-state index contributed by atoms with van der Waals surface area (Å²) in [5.41, 5.74) is 0.537. The molecule has 0 saturated carbocycles. The SMILES string of the molecule is COCCOC(O)Oc1ccc(C(=O)/C=C/N(C)C)cc1. The van der Waals surface area contributed by atoms with E-state index in [1.165, 1.54) is 13.2 Å². The first-order chi connectivity index (χ1) is 10.0. The van der Waals surface area contributed by atoms with E-state index in [1.807, 2.05) is 14.1 Å². The summed E-state index contributed by atoms with van der Waals surface area (Å²) in [6.45, 7) is -0.773. The molecule has 1 aromatic rings. The maximum absolute atomic E-state index is 11.8. The first-order valence-corrected chi connectivity index (χ1v) is 6.47. The number of rotatable bonds is 9. The van der Waals surface area contributed by atoms with Gasteiger partial charge in [-0.15, -0.1) is 0 Å². The van der Waals surface area contributed by atoms with Crippen molar-refractivity contribution >= 4 is 5.78 Å². The van der Waals surface area contributed by atoms with Gasteiger partial charge in [0.1, 0.15) is 5.75 Å². The molecule has 0 aliphatic carbocycles. The Kier molecular flexibility index (Phi) is 7.45. The fourth-order valence-electron chi connectivity index (χ4n) is 1.39. The van der Waals surface area contributed by atoms with Crippen LogP contribution in [0.5, 0.6) is 5.75 Å². The van der Waals surface area contributed by atoms with E-state index in [2.05, 4.69) is 0 Å². The average Bonchev–Trinajstić information content (AvgIpc) is 2.45. The Hall–Kier alpha value is -1.89. The maximum Gasteiger partial charge on any atom is 0.313 e. The fraction of sp³-hybridized carbons (Fsp3) is 0.400. The van der Waals surface area contributed by atoms with Gasteiger partial charge in [-0.05, 0) is 24.3 Å². The summed E-state index contributed by atoms with van der Waals surface area (Å²) in [7, 11) is 5.22. The topological polar surface area (TPSA) is 68.2 Å². The van der Waals surface area contributed by atoms with Gasteiger partial charge in [-0.3, -0.25) is 4.79 Å². The van der Waals surface area contributed by atoms with E-state index in [4.69, 9.17) is 14.2 Å². The third-order valence-electron chi connectivity index (χ3n) is 2.45. The van der Waals surface area contributed by atoms with Crippen LogP contribution in [0, 0.1) is 0 Å². The Bertz CT molecular complexity index is 456. The molecule has 0 fully saturated rings. The van der Waals surface area contributed by atoms with Crippen molar-refractivity contribution in [3.05, 3.63) is 42.1 Å². The number of aliphatic hydroxyl groups is 1. The summed E-state index contributed by atoms with van der Waals surface area (Å²) in [6.07, 6.45) is 3.17. The molecular formula is C15H21NO5. The molecule has 0 aliphatic rings. The van der Waals surface area contributed by atoms with Crippen LogP contribution in [0.15, 0.2) is 36.5 Å². The standard InChI is InChI=1S/C15H21NO5/c1-16(2)9-8-14(17)12-4-6-13(7-5-12)21-15(18)20-11-10-19-3/h4-9,15,18H,10-11H2,1-3H3/b9-8+. The number of nitrogens with zero attached hydrogens (tertiary/aromatic N) is 1. The lowest BCUT2D eigenvalue weighted by Crippen LogP contribution is -2.21. The van der Waals surface area contributed by atoms with Gasteiger partial charge in [-0.25, -0.2) is 0 Å². The van der Waals surface area contributed by atoms with Crippen molar-refractivity contribution in [2.45, 2.75) is 6.48 Å². The molecule has 116 valence electrons. The van der Waals surface area contributed by atoms with Crippen LogP contribution in [0.1, 0.15) is 10.4 Å². The largest absolute Gasteiger partial charge is 0.441 e. The van der Waals surface area contributed by atoms with Gasteiger partial charge in [-0.2, -0.15) is 0 Å². The molecule has 6 nitrogen and oxygen atoms in total. The Balaban J connectivity index is 2.52. The number of ketones is 1. The van der Waals surface area contributed by atoms with Crippen molar-refractivity contribution in [3.8, 4) is 5.75 Å². The minimum atomic E-state index is -1.37. The molecule has 0 heterocycles. The number of hydrogen-bond donors (Lipinski definition) is 1. The second kappa shape index (κ2) is 9.12. The van der Waals surface area contributed by atoms with Gasteiger partial charge in [-0.1, -0.05) is 0 Å². The van der Waals surface area contributed by atoms with Crippen LogP contribution in [0.25, 0.3) is 0 Å². The highest BCUT2D eigenvalue weighted by molar-refractivity contribution is 6.04. The van der Waals surface area contributed by atoms with Gasteiger partial charge in [0.15, 0.2) is 5.78 Å². The van der Waals surface area contributed by atoms with Crippen LogP contribution in [0.3, 0.4) is 0 Å². The van der Waals surface area contributed by atoms with Gasteiger partial charge in [0, 0.05) is 39.0 Å². The zero-order valence-corrected chi connectivity index (χ0v) is 12.5. The normalized spacial score (nSPS) is 12.4. The molecule has 1 rings (SSSR count). The van der Waals surface area contributed by atoms with Crippen LogP contribution in [-0.2, 0) is 9.47 Å². The summed E-state index contributed by atoms with van der Waals surface area (Å²) >= 11 is 0. The fourth-order valence-corrected chi connectivity index (χ4v) is 1.39. The van der Waals surface area contributed by atoms with E-state index in [0.717, 1.165) is 0 Å². The third-order valence-corrected chi connectivity index (χ3v) is 2.45. The Morgan fingerprint density at radius 2 is 1.95 bits per heavy atom. The minimum Gasteiger partial charge on any atom is -0.441 e. The number of benzene rings is 1. The molecule has 0 aliphatic heterocycles. The monoisotopic (exact) mass is 295 g/mol. The summed E-state index contributed by atoms with van der Waals surface area (Å²) < 4.78 is 14.9. The average molecular weight is 295 g/mol. The molecule has 6 heteroatoms. The minimum absolute atomic E-state index is 0.104. The van der Waals surface area contributed by atoms with Crippen molar-refractivity contribution < 1.29 is 24.1 Å². The van der Waals surface area contributed by atoms with Gasteiger partial charge < -0.3 is 24.2 Å². The molecule has 0 radical (unpaired) electrons. The number of carbonyl (C=O) groups excluding carboxylic acids is 1. The predicted molar refractivity (Wildman–Crippen MR) is 78.1 cm³/mol. The van der Waals surface area contributed by atoms with Gasteiger partial charge in [0.25, 0.3) is 0 Å². The molecule has 0 saturated heterocycles. The molecule has 21 heavy (non-hydrogen) atoms. The van der Waals surface area contributed by atoms with Crippen molar-refractivity contribution in [2.75, 3.05) is 34.4 Å². The smallest absolute Gasteiger partial charge is 0.313 e. The van der Waals surface area contributed by atoms with E-state index in [0.29, 0.717) is 17.9 Å². The van der Waals surface area contributed by atoms with E-state index >= 15 is 0 Å².